The number of nitrogens with zero attached hydrogens (tertiary/aromatic N) is 2. The molecule has 7 fully saturated rings. The Hall–Kier alpha value is -1.63. The highest BCUT2D eigenvalue weighted by Crippen LogP contribution is 2.71. The van der Waals surface area contributed by atoms with E-state index in [9.17, 15) is 14.4 Å². The summed E-state index contributed by atoms with van der Waals surface area (Å²) >= 11 is 0. The molecule has 0 aromatic rings. The lowest BCUT2D eigenvalue weighted by Crippen LogP contribution is -2.50. The standard InChI is InChI=1S/C32H48N2O5/c1-4-32(16-21-13-24(32)29-20-9-8-19(12-20)28(21)29)39-31(37)23-15-26(25-14-22(23)30(36)34(25)18(2)3)38-27(35)17-33-10-6-5-7-11-33/h18-26,28-29H,4-17H2,1-3H3. The van der Waals surface area contributed by atoms with Crippen LogP contribution >= 0.6 is 0 Å². The largest absolute Gasteiger partial charge is 0.459 e. The predicted molar refractivity (Wildman–Crippen MR) is 145 cm³/mol. The van der Waals surface area contributed by atoms with Crippen molar-refractivity contribution >= 4 is 17.8 Å². The van der Waals surface area contributed by atoms with Crippen molar-refractivity contribution in [2.75, 3.05) is 19.6 Å². The zero-order valence-electron chi connectivity index (χ0n) is 24.2. The first-order chi connectivity index (χ1) is 18.8. The third kappa shape index (κ3) is 4.10. The number of likely N-dealkylation sites (tertiary alicyclic amines) is 2. The molecule has 5 aliphatic carbocycles. The molecule has 1 amide bonds. The van der Waals surface area contributed by atoms with Crippen molar-refractivity contribution < 1.29 is 23.9 Å². The second-order valence-electron chi connectivity index (χ2n) is 14.6. The van der Waals surface area contributed by atoms with Crippen LogP contribution in [0.25, 0.3) is 0 Å². The Morgan fingerprint density at radius 3 is 2.44 bits per heavy atom. The fourth-order valence-electron chi connectivity index (χ4n) is 11.2. The van der Waals surface area contributed by atoms with Crippen molar-refractivity contribution in [2.45, 2.75) is 115 Å². The first-order valence-electron chi connectivity index (χ1n) is 16.3. The molecule has 0 spiro atoms. The lowest BCUT2D eigenvalue weighted by molar-refractivity contribution is -0.183. The van der Waals surface area contributed by atoms with Crippen molar-refractivity contribution in [1.82, 2.24) is 9.80 Å². The molecule has 0 aromatic carbocycles. The lowest BCUT2D eigenvalue weighted by Gasteiger charge is -2.46. The van der Waals surface area contributed by atoms with E-state index in [1.165, 1.54) is 32.1 Å². The van der Waals surface area contributed by atoms with Gasteiger partial charge in [-0.15, -0.1) is 0 Å². The van der Waals surface area contributed by atoms with E-state index in [1.807, 2.05) is 18.7 Å². The Bertz CT molecular complexity index is 1010. The van der Waals surface area contributed by atoms with E-state index >= 15 is 0 Å². The summed E-state index contributed by atoms with van der Waals surface area (Å²) < 4.78 is 12.8. The fraction of sp³-hybridized carbons (Fsp3) is 0.906. The number of piperidine rings is 1. The van der Waals surface area contributed by atoms with Crippen LogP contribution in [0.4, 0.5) is 0 Å². The van der Waals surface area contributed by atoms with Gasteiger partial charge < -0.3 is 14.4 Å². The Labute approximate surface area is 233 Å². The van der Waals surface area contributed by atoms with Crippen molar-refractivity contribution in [3.05, 3.63) is 0 Å². The summed E-state index contributed by atoms with van der Waals surface area (Å²) in [7, 11) is 0. The minimum atomic E-state index is -0.524. The van der Waals surface area contributed by atoms with Crippen LogP contribution in [-0.4, -0.2) is 71.1 Å². The van der Waals surface area contributed by atoms with E-state index in [2.05, 4.69) is 11.8 Å². The molecule has 2 aliphatic heterocycles. The summed E-state index contributed by atoms with van der Waals surface area (Å²) in [6, 6.07) is -0.137. The quantitative estimate of drug-likeness (QED) is 0.351. The number of esters is 2. The van der Waals surface area contributed by atoms with Crippen LogP contribution in [-0.2, 0) is 23.9 Å². The number of hydrogen-bond acceptors (Lipinski definition) is 6. The van der Waals surface area contributed by atoms with Gasteiger partial charge in [-0.05, 0) is 114 Å². The molecule has 5 saturated carbocycles. The van der Waals surface area contributed by atoms with Gasteiger partial charge >= 0.3 is 11.9 Å². The molecule has 39 heavy (non-hydrogen) atoms. The van der Waals surface area contributed by atoms with Crippen molar-refractivity contribution in [2.24, 2.45) is 47.3 Å². The zero-order valence-corrected chi connectivity index (χ0v) is 24.2. The SMILES string of the molecule is CCC1(OC(=O)C2CC(OC(=O)CN3CCCCC3)C3CC2C(=O)N3C(C)C)CC2CC1C1C3CCC(C3)C21. The average molecular weight is 541 g/mol. The Balaban J connectivity index is 1.08. The van der Waals surface area contributed by atoms with Crippen LogP contribution < -0.4 is 0 Å². The van der Waals surface area contributed by atoms with Crippen LogP contribution in [0.3, 0.4) is 0 Å². The number of hydrogen-bond donors (Lipinski definition) is 0. The number of rotatable bonds is 7. The lowest BCUT2D eigenvalue weighted by atomic mass is 9.65. The Morgan fingerprint density at radius 2 is 1.72 bits per heavy atom. The van der Waals surface area contributed by atoms with E-state index < -0.39 is 12.0 Å². The molecule has 7 heteroatoms. The molecule has 6 bridgehead atoms. The molecular formula is C32H48N2O5. The molecule has 7 nitrogen and oxygen atoms in total. The first kappa shape index (κ1) is 26.3. The van der Waals surface area contributed by atoms with Crippen molar-refractivity contribution in [3.63, 3.8) is 0 Å². The van der Waals surface area contributed by atoms with Crippen molar-refractivity contribution in [3.8, 4) is 0 Å². The molecule has 2 heterocycles. The summed E-state index contributed by atoms with van der Waals surface area (Å²) in [4.78, 5) is 44.8. The maximum Gasteiger partial charge on any atom is 0.320 e. The molecular weight excluding hydrogens is 492 g/mol. The summed E-state index contributed by atoms with van der Waals surface area (Å²) in [6.45, 7) is 8.39. The zero-order chi connectivity index (χ0) is 27.1. The fourth-order valence-corrected chi connectivity index (χ4v) is 11.2. The van der Waals surface area contributed by atoms with Crippen LogP contribution in [0.2, 0.25) is 0 Å². The highest BCUT2D eigenvalue weighted by atomic mass is 16.6. The second kappa shape index (κ2) is 9.73. The van der Waals surface area contributed by atoms with E-state index in [1.54, 1.807) is 0 Å². The molecule has 11 unspecified atom stereocenters. The topological polar surface area (TPSA) is 76.1 Å². The normalized spacial score (nSPS) is 46.3. The van der Waals surface area contributed by atoms with Gasteiger partial charge in [-0.2, -0.15) is 0 Å². The van der Waals surface area contributed by atoms with Crippen molar-refractivity contribution in [1.29, 1.82) is 0 Å². The van der Waals surface area contributed by atoms with Gasteiger partial charge in [0.15, 0.2) is 0 Å². The predicted octanol–water partition coefficient (Wildman–Crippen LogP) is 4.42. The third-order valence-electron chi connectivity index (χ3n) is 12.6. The van der Waals surface area contributed by atoms with Gasteiger partial charge in [-0.3, -0.25) is 19.3 Å². The van der Waals surface area contributed by atoms with E-state index in [-0.39, 0.29) is 41.4 Å². The highest BCUT2D eigenvalue weighted by Gasteiger charge is 2.68. The van der Waals surface area contributed by atoms with Gasteiger partial charge in [0.25, 0.3) is 0 Å². The van der Waals surface area contributed by atoms with Gasteiger partial charge in [-0.25, -0.2) is 0 Å². The number of amides is 1. The number of carbonyl (C=O) groups is 3. The van der Waals surface area contributed by atoms with Gasteiger partial charge in [0.2, 0.25) is 5.91 Å². The summed E-state index contributed by atoms with van der Waals surface area (Å²) in [5.74, 6) is 3.25. The smallest absolute Gasteiger partial charge is 0.320 e. The molecule has 0 radical (unpaired) electrons. The van der Waals surface area contributed by atoms with Crippen LogP contribution in [0.5, 0.6) is 0 Å². The monoisotopic (exact) mass is 540 g/mol. The molecule has 0 N–H and O–H groups in total. The van der Waals surface area contributed by atoms with Crippen LogP contribution in [0, 0.1) is 47.3 Å². The summed E-state index contributed by atoms with van der Waals surface area (Å²) in [5.41, 5.74) is -0.371. The summed E-state index contributed by atoms with van der Waals surface area (Å²) in [5, 5.41) is 0. The average Bonchev–Trinajstić information content (AvgIpc) is 3.72. The number of carbonyl (C=O) groups excluding carboxylic acids is 3. The molecule has 216 valence electrons. The van der Waals surface area contributed by atoms with Gasteiger partial charge in [0, 0.05) is 18.4 Å². The Morgan fingerprint density at radius 1 is 0.974 bits per heavy atom. The maximum absolute atomic E-state index is 14.1. The maximum atomic E-state index is 14.1. The van der Waals surface area contributed by atoms with Crippen LogP contribution in [0.1, 0.15) is 91.4 Å². The number of ether oxygens (including phenoxy) is 2. The minimum absolute atomic E-state index is 0.00726. The molecule has 0 aromatic heterocycles. The Kier molecular flexibility index (Phi) is 6.56. The second-order valence-corrected chi connectivity index (χ2v) is 14.6. The molecule has 2 saturated heterocycles. The number of fused-ring (bicyclic) bond motifs is 11. The molecule has 11 atom stereocenters. The third-order valence-corrected chi connectivity index (χ3v) is 12.6. The minimum Gasteiger partial charge on any atom is -0.459 e. The van der Waals surface area contributed by atoms with E-state index in [4.69, 9.17) is 9.47 Å². The van der Waals surface area contributed by atoms with Gasteiger partial charge in [0.05, 0.1) is 24.4 Å². The highest BCUT2D eigenvalue weighted by molar-refractivity contribution is 5.88. The summed E-state index contributed by atoms with van der Waals surface area (Å²) in [6.07, 6.45) is 11.2. The molecule has 7 aliphatic rings. The first-order valence-corrected chi connectivity index (χ1v) is 16.3. The van der Waals surface area contributed by atoms with Gasteiger partial charge in [-0.1, -0.05) is 13.3 Å². The van der Waals surface area contributed by atoms with E-state index in [0.29, 0.717) is 31.2 Å². The van der Waals surface area contributed by atoms with Crippen LogP contribution in [0.15, 0.2) is 0 Å². The van der Waals surface area contributed by atoms with Gasteiger partial charge in [0.1, 0.15) is 11.7 Å². The molecule has 7 rings (SSSR count). The van der Waals surface area contributed by atoms with E-state index in [0.717, 1.165) is 62.4 Å².